The third-order valence-electron chi connectivity index (χ3n) is 4.23. The van der Waals surface area contributed by atoms with Crippen LogP contribution in [0.4, 0.5) is 13.2 Å². The summed E-state index contributed by atoms with van der Waals surface area (Å²) in [6, 6.07) is 0. The number of halogens is 3. The molecule has 0 aliphatic heterocycles. The normalized spacial score (nSPS) is 26.4. The standard InChI is InChI=1S/C15H19F3O4/c16-15(17,18)22-11-6-4-5-10(9-11)12(13(19)20)14(21)7-2-1-3-8-14/h4-6,11-12,21H,1-3,7-9H2,(H,19,20). The number of alkyl halides is 3. The maximum atomic E-state index is 12.3. The Morgan fingerprint density at radius 1 is 1.32 bits per heavy atom. The molecule has 4 nitrogen and oxygen atoms in total. The zero-order valence-electron chi connectivity index (χ0n) is 12.0. The van der Waals surface area contributed by atoms with Crippen molar-refractivity contribution in [2.75, 3.05) is 0 Å². The van der Waals surface area contributed by atoms with Crippen molar-refractivity contribution < 1.29 is 32.9 Å². The van der Waals surface area contributed by atoms with Crippen LogP contribution in [-0.4, -0.2) is 34.2 Å². The lowest BCUT2D eigenvalue weighted by Crippen LogP contribution is -2.45. The van der Waals surface area contributed by atoms with Crippen molar-refractivity contribution in [3.8, 4) is 0 Å². The monoisotopic (exact) mass is 320 g/mol. The molecule has 0 amide bonds. The number of aliphatic hydroxyl groups is 1. The summed E-state index contributed by atoms with van der Waals surface area (Å²) < 4.78 is 40.9. The summed E-state index contributed by atoms with van der Waals surface area (Å²) >= 11 is 0. The van der Waals surface area contributed by atoms with E-state index in [4.69, 9.17) is 0 Å². The zero-order valence-corrected chi connectivity index (χ0v) is 12.0. The lowest BCUT2D eigenvalue weighted by Gasteiger charge is -2.39. The molecule has 0 radical (unpaired) electrons. The molecule has 2 aliphatic rings. The van der Waals surface area contributed by atoms with Crippen molar-refractivity contribution in [2.24, 2.45) is 5.92 Å². The number of allylic oxidation sites excluding steroid dienone is 2. The van der Waals surface area contributed by atoms with E-state index in [0.29, 0.717) is 25.7 Å². The van der Waals surface area contributed by atoms with Crippen LogP contribution < -0.4 is 0 Å². The van der Waals surface area contributed by atoms with E-state index in [1.807, 2.05) is 0 Å². The fourth-order valence-electron chi connectivity index (χ4n) is 3.32. The SMILES string of the molecule is O=C(O)C(C1=CC=CC(OC(F)(F)F)C1)C1(O)CCCCC1. The van der Waals surface area contributed by atoms with Crippen molar-refractivity contribution in [2.45, 2.75) is 56.6 Å². The first-order valence-electron chi connectivity index (χ1n) is 7.28. The Kier molecular flexibility index (Phi) is 4.97. The van der Waals surface area contributed by atoms with Crippen LogP contribution in [0.25, 0.3) is 0 Å². The summed E-state index contributed by atoms with van der Waals surface area (Å²) in [7, 11) is 0. The molecule has 0 bridgehead atoms. The fraction of sp³-hybridized carbons (Fsp3) is 0.667. The molecule has 7 heteroatoms. The average Bonchev–Trinajstić information content (AvgIpc) is 2.37. The molecule has 2 N–H and O–H groups in total. The number of ether oxygens (including phenoxy) is 1. The van der Waals surface area contributed by atoms with Crippen LogP contribution in [0.3, 0.4) is 0 Å². The highest BCUT2D eigenvalue weighted by molar-refractivity contribution is 5.75. The van der Waals surface area contributed by atoms with Crippen molar-refractivity contribution >= 4 is 5.97 Å². The summed E-state index contributed by atoms with van der Waals surface area (Å²) in [4.78, 5) is 11.6. The molecule has 0 aromatic rings. The second-order valence-electron chi connectivity index (χ2n) is 5.87. The van der Waals surface area contributed by atoms with Crippen LogP contribution in [0.2, 0.25) is 0 Å². The van der Waals surface area contributed by atoms with Gasteiger partial charge in [0.25, 0.3) is 0 Å². The van der Waals surface area contributed by atoms with Crippen molar-refractivity contribution in [1.29, 1.82) is 0 Å². The number of aliphatic carboxylic acids is 1. The highest BCUT2D eigenvalue weighted by atomic mass is 19.4. The van der Waals surface area contributed by atoms with Gasteiger partial charge >= 0.3 is 12.3 Å². The smallest absolute Gasteiger partial charge is 0.481 e. The Labute approximate surface area is 126 Å². The molecule has 2 unspecified atom stereocenters. The van der Waals surface area contributed by atoms with Gasteiger partial charge in [-0.15, -0.1) is 13.2 Å². The Hall–Kier alpha value is -1.34. The largest absolute Gasteiger partial charge is 0.523 e. The summed E-state index contributed by atoms with van der Waals surface area (Å²) in [5.74, 6) is -2.41. The number of hydrogen-bond donors (Lipinski definition) is 2. The van der Waals surface area contributed by atoms with Crippen molar-refractivity contribution in [3.63, 3.8) is 0 Å². The fourth-order valence-corrected chi connectivity index (χ4v) is 3.32. The number of carboxylic acids is 1. The Bertz CT molecular complexity index is 476. The van der Waals surface area contributed by atoms with E-state index in [0.717, 1.165) is 6.42 Å². The van der Waals surface area contributed by atoms with Gasteiger partial charge in [-0.25, -0.2) is 0 Å². The topological polar surface area (TPSA) is 66.8 Å². The molecule has 0 heterocycles. The lowest BCUT2D eigenvalue weighted by atomic mass is 9.71. The highest BCUT2D eigenvalue weighted by Gasteiger charge is 2.45. The lowest BCUT2D eigenvalue weighted by molar-refractivity contribution is -0.336. The maximum Gasteiger partial charge on any atom is 0.523 e. The quantitative estimate of drug-likeness (QED) is 0.835. The number of carboxylic acid groups (broad SMARTS) is 1. The van der Waals surface area contributed by atoms with Gasteiger partial charge in [-0.3, -0.25) is 9.53 Å². The molecule has 22 heavy (non-hydrogen) atoms. The number of hydrogen-bond acceptors (Lipinski definition) is 3. The maximum absolute atomic E-state index is 12.3. The van der Waals surface area contributed by atoms with Crippen LogP contribution in [0, 0.1) is 5.92 Å². The second-order valence-corrected chi connectivity index (χ2v) is 5.87. The van der Waals surface area contributed by atoms with E-state index in [-0.39, 0.29) is 12.0 Å². The molecule has 0 saturated heterocycles. The first kappa shape index (κ1) is 17.0. The molecule has 0 aromatic heterocycles. The molecule has 2 aliphatic carbocycles. The van der Waals surface area contributed by atoms with Crippen LogP contribution in [0.15, 0.2) is 23.8 Å². The first-order valence-corrected chi connectivity index (χ1v) is 7.28. The van der Waals surface area contributed by atoms with E-state index in [1.165, 1.54) is 18.2 Å². The molecule has 124 valence electrons. The van der Waals surface area contributed by atoms with Crippen LogP contribution >= 0.6 is 0 Å². The molecule has 1 fully saturated rings. The minimum Gasteiger partial charge on any atom is -0.481 e. The van der Waals surface area contributed by atoms with Crippen molar-refractivity contribution in [3.05, 3.63) is 23.8 Å². The van der Waals surface area contributed by atoms with Gasteiger partial charge in [0.15, 0.2) is 0 Å². The summed E-state index contributed by atoms with van der Waals surface area (Å²) in [6.45, 7) is 0. The predicted molar refractivity (Wildman–Crippen MR) is 71.9 cm³/mol. The molecule has 2 rings (SSSR count). The molecule has 1 saturated carbocycles. The van der Waals surface area contributed by atoms with E-state index in [1.54, 1.807) is 0 Å². The van der Waals surface area contributed by atoms with Gasteiger partial charge in [0.2, 0.25) is 0 Å². The molecular weight excluding hydrogens is 301 g/mol. The van der Waals surface area contributed by atoms with Crippen LogP contribution in [0.5, 0.6) is 0 Å². The number of rotatable bonds is 4. The minimum absolute atomic E-state index is 0.185. The van der Waals surface area contributed by atoms with Crippen LogP contribution in [0.1, 0.15) is 38.5 Å². The van der Waals surface area contributed by atoms with Gasteiger partial charge in [0.05, 0.1) is 11.7 Å². The first-order chi connectivity index (χ1) is 10.2. The van der Waals surface area contributed by atoms with Crippen molar-refractivity contribution in [1.82, 2.24) is 0 Å². The molecular formula is C15H19F3O4. The second kappa shape index (κ2) is 6.42. The summed E-state index contributed by atoms with van der Waals surface area (Å²) in [5, 5.41) is 20.1. The predicted octanol–water partition coefficient (Wildman–Crippen LogP) is 3.17. The third kappa shape index (κ3) is 4.10. The van der Waals surface area contributed by atoms with E-state index < -0.39 is 30.0 Å². The molecule has 2 atom stereocenters. The number of carbonyl (C=O) groups is 1. The Balaban J connectivity index is 2.17. The van der Waals surface area contributed by atoms with Crippen LogP contribution in [-0.2, 0) is 9.53 Å². The summed E-state index contributed by atoms with van der Waals surface area (Å²) in [6.07, 6.45) is 0.887. The van der Waals surface area contributed by atoms with Gasteiger partial charge in [0.1, 0.15) is 5.92 Å². The Morgan fingerprint density at radius 2 is 1.95 bits per heavy atom. The van der Waals surface area contributed by atoms with E-state index in [9.17, 15) is 28.2 Å². The minimum atomic E-state index is -4.78. The summed E-state index contributed by atoms with van der Waals surface area (Å²) in [5.41, 5.74) is -1.13. The Morgan fingerprint density at radius 3 is 2.50 bits per heavy atom. The van der Waals surface area contributed by atoms with E-state index in [2.05, 4.69) is 4.74 Å². The van der Waals surface area contributed by atoms with Gasteiger partial charge in [-0.05, 0) is 19.3 Å². The molecule has 0 spiro atoms. The molecule has 0 aromatic carbocycles. The zero-order chi connectivity index (χ0) is 16.4. The van der Waals surface area contributed by atoms with E-state index >= 15 is 0 Å². The third-order valence-corrected chi connectivity index (χ3v) is 4.23. The average molecular weight is 320 g/mol. The highest BCUT2D eigenvalue weighted by Crippen LogP contribution is 2.40. The van der Waals surface area contributed by atoms with Gasteiger partial charge in [-0.1, -0.05) is 43.1 Å². The van der Waals surface area contributed by atoms with Gasteiger partial charge in [-0.2, -0.15) is 0 Å². The van der Waals surface area contributed by atoms with Gasteiger partial charge in [0, 0.05) is 0 Å². The van der Waals surface area contributed by atoms with Gasteiger partial charge < -0.3 is 10.2 Å².